The Morgan fingerprint density at radius 3 is 2.57 bits per heavy atom. The number of carbonyl (C=O) groups excluding carboxylic acids is 3. The number of methoxy groups -OCH3 is 1. The van der Waals surface area contributed by atoms with Crippen LogP contribution in [0.4, 0.5) is 0 Å². The van der Waals surface area contributed by atoms with Crippen molar-refractivity contribution in [2.24, 2.45) is 0 Å². The third-order valence-electron chi connectivity index (χ3n) is 5.18. The van der Waals surface area contributed by atoms with Gasteiger partial charge in [0.15, 0.2) is 5.01 Å². The summed E-state index contributed by atoms with van der Waals surface area (Å²) in [7, 11) is 1.56. The molecule has 4 rings (SSSR count). The van der Waals surface area contributed by atoms with Crippen molar-refractivity contribution in [3.05, 3.63) is 59.1 Å². The second-order valence-corrected chi connectivity index (χ2v) is 8.18. The number of fused-ring (bicyclic) bond motifs is 1. The number of thiazole rings is 1. The zero-order valence-corrected chi connectivity index (χ0v) is 17.5. The van der Waals surface area contributed by atoms with Gasteiger partial charge in [-0.15, -0.1) is 11.3 Å². The lowest BCUT2D eigenvalue weighted by Crippen LogP contribution is -2.56. The summed E-state index contributed by atoms with van der Waals surface area (Å²) in [4.78, 5) is 45.9. The molecule has 0 N–H and O–H groups in total. The maximum absolute atomic E-state index is 12.9. The van der Waals surface area contributed by atoms with Gasteiger partial charge in [0.1, 0.15) is 5.75 Å². The highest BCUT2D eigenvalue weighted by Gasteiger charge is 2.34. The summed E-state index contributed by atoms with van der Waals surface area (Å²) < 4.78 is 6.00. The minimum absolute atomic E-state index is 0.0685. The Morgan fingerprint density at radius 1 is 1.10 bits per heavy atom. The largest absolute Gasteiger partial charge is 0.497 e. The summed E-state index contributed by atoms with van der Waals surface area (Å²) in [5, 5.41) is 0.165. The van der Waals surface area contributed by atoms with Crippen LogP contribution in [0.25, 0.3) is 10.2 Å². The van der Waals surface area contributed by atoms with Crippen molar-refractivity contribution in [3.8, 4) is 5.75 Å². The number of benzene rings is 2. The van der Waals surface area contributed by atoms with Crippen molar-refractivity contribution < 1.29 is 19.1 Å². The van der Waals surface area contributed by atoms with Gasteiger partial charge in [-0.2, -0.15) is 0 Å². The third-order valence-corrected chi connectivity index (χ3v) is 6.21. The number of Topliss-reactive ketones (excluding diaryl/α,β-unsaturated/α-hetero) is 1. The van der Waals surface area contributed by atoms with Crippen molar-refractivity contribution >= 4 is 39.2 Å². The Kier molecular flexibility index (Phi) is 5.50. The molecule has 0 aliphatic carbocycles. The first-order valence-corrected chi connectivity index (χ1v) is 10.4. The zero-order valence-electron chi connectivity index (χ0n) is 16.7. The van der Waals surface area contributed by atoms with Crippen LogP contribution in [0, 0.1) is 0 Å². The van der Waals surface area contributed by atoms with Crippen LogP contribution in [-0.2, 0) is 4.79 Å². The van der Waals surface area contributed by atoms with Crippen LogP contribution in [0.3, 0.4) is 0 Å². The normalized spacial score (nSPS) is 16.5. The van der Waals surface area contributed by atoms with E-state index in [9.17, 15) is 14.4 Å². The Hall–Kier alpha value is -3.26. The number of carbonyl (C=O) groups is 3. The first kappa shape index (κ1) is 20.0. The van der Waals surface area contributed by atoms with Gasteiger partial charge in [0.2, 0.25) is 0 Å². The van der Waals surface area contributed by atoms with E-state index >= 15 is 0 Å². The lowest BCUT2D eigenvalue weighted by atomic mass is 10.1. The van der Waals surface area contributed by atoms with E-state index in [-0.39, 0.29) is 17.0 Å². The third kappa shape index (κ3) is 3.78. The Labute approximate surface area is 177 Å². The molecular formula is C22H21N3O4S. The van der Waals surface area contributed by atoms with Gasteiger partial charge in [0, 0.05) is 37.3 Å². The van der Waals surface area contributed by atoms with Gasteiger partial charge in [-0.05, 0) is 31.2 Å². The molecule has 2 heterocycles. The molecule has 0 bridgehead atoms. The Bertz CT molecular complexity index is 1110. The topological polar surface area (TPSA) is 79.8 Å². The van der Waals surface area contributed by atoms with Crippen LogP contribution < -0.4 is 4.74 Å². The monoisotopic (exact) mass is 423 g/mol. The fourth-order valence-electron chi connectivity index (χ4n) is 3.56. The van der Waals surface area contributed by atoms with Gasteiger partial charge in [-0.1, -0.05) is 18.2 Å². The molecule has 7 nitrogen and oxygen atoms in total. The van der Waals surface area contributed by atoms with E-state index in [1.807, 2.05) is 31.2 Å². The smallest absolute Gasteiger partial charge is 0.297 e. The molecule has 0 radical (unpaired) electrons. The van der Waals surface area contributed by atoms with E-state index in [0.717, 1.165) is 4.70 Å². The highest BCUT2D eigenvalue weighted by molar-refractivity contribution is 7.21. The summed E-state index contributed by atoms with van der Waals surface area (Å²) in [5.41, 5.74) is 1.24. The molecule has 1 aromatic heterocycles. The highest BCUT2D eigenvalue weighted by atomic mass is 32.1. The molecule has 154 valence electrons. The molecule has 1 aliphatic rings. The number of amides is 2. The Balaban J connectivity index is 1.46. The van der Waals surface area contributed by atoms with E-state index in [1.54, 1.807) is 36.3 Å². The van der Waals surface area contributed by atoms with Gasteiger partial charge < -0.3 is 14.5 Å². The summed E-state index contributed by atoms with van der Waals surface area (Å²) in [6.45, 7) is 2.92. The summed E-state index contributed by atoms with van der Waals surface area (Å²) in [5.74, 6) is -0.628. The van der Waals surface area contributed by atoms with Gasteiger partial charge >= 0.3 is 0 Å². The predicted octanol–water partition coefficient (Wildman–Crippen LogP) is 2.86. The van der Waals surface area contributed by atoms with Crippen molar-refractivity contribution in [1.29, 1.82) is 0 Å². The predicted molar refractivity (Wildman–Crippen MR) is 114 cm³/mol. The first-order chi connectivity index (χ1) is 14.5. The van der Waals surface area contributed by atoms with E-state index in [4.69, 9.17) is 4.74 Å². The van der Waals surface area contributed by atoms with Crippen LogP contribution in [0.5, 0.6) is 5.75 Å². The van der Waals surface area contributed by atoms with Crippen molar-refractivity contribution in [2.75, 3.05) is 26.7 Å². The SMILES string of the molecule is COc1ccc2sc(C(=O)C(=O)N3CCN(C(=O)c4ccccc4)C[C@H]3C)nc2c1. The molecule has 8 heteroatoms. The molecule has 1 fully saturated rings. The number of piperazine rings is 1. The van der Waals surface area contributed by atoms with Gasteiger partial charge in [0.05, 0.1) is 17.3 Å². The maximum Gasteiger partial charge on any atom is 0.297 e. The molecule has 1 aliphatic heterocycles. The number of hydrogen-bond acceptors (Lipinski definition) is 6. The molecule has 1 saturated heterocycles. The van der Waals surface area contributed by atoms with Crippen LogP contribution in [0.2, 0.25) is 0 Å². The van der Waals surface area contributed by atoms with Crippen LogP contribution in [0.1, 0.15) is 27.1 Å². The van der Waals surface area contributed by atoms with Crippen LogP contribution in [0.15, 0.2) is 48.5 Å². The van der Waals surface area contributed by atoms with E-state index in [2.05, 4.69) is 4.98 Å². The molecule has 2 amide bonds. The van der Waals surface area contributed by atoms with E-state index < -0.39 is 11.7 Å². The molecule has 0 saturated carbocycles. The standard InChI is InChI=1S/C22H21N3O4S/c1-14-13-24(21(27)15-6-4-3-5-7-15)10-11-25(14)22(28)19(26)20-23-17-12-16(29-2)8-9-18(17)30-20/h3-9,12,14H,10-11,13H2,1-2H3/t14-/m1/s1. The number of ketones is 1. The van der Waals surface area contributed by atoms with Crippen molar-refractivity contribution in [3.63, 3.8) is 0 Å². The summed E-state index contributed by atoms with van der Waals surface area (Å²) >= 11 is 1.19. The van der Waals surface area contributed by atoms with E-state index in [1.165, 1.54) is 16.2 Å². The lowest BCUT2D eigenvalue weighted by molar-refractivity contribution is -0.130. The lowest BCUT2D eigenvalue weighted by Gasteiger charge is -2.39. The molecule has 1 atom stereocenters. The van der Waals surface area contributed by atoms with Gasteiger partial charge in [-0.3, -0.25) is 14.4 Å². The molecule has 2 aromatic carbocycles. The Morgan fingerprint density at radius 2 is 1.87 bits per heavy atom. The van der Waals surface area contributed by atoms with Crippen LogP contribution in [-0.4, -0.2) is 65.2 Å². The number of nitrogens with zero attached hydrogens (tertiary/aromatic N) is 3. The van der Waals surface area contributed by atoms with E-state index in [0.29, 0.717) is 36.5 Å². The molecule has 0 unspecified atom stereocenters. The number of ether oxygens (including phenoxy) is 1. The second-order valence-electron chi connectivity index (χ2n) is 7.15. The number of hydrogen-bond donors (Lipinski definition) is 0. The summed E-state index contributed by atoms with van der Waals surface area (Å²) in [6, 6.07) is 14.1. The minimum Gasteiger partial charge on any atom is -0.497 e. The number of aromatic nitrogens is 1. The van der Waals surface area contributed by atoms with Crippen molar-refractivity contribution in [1.82, 2.24) is 14.8 Å². The minimum atomic E-state index is -0.621. The average molecular weight is 423 g/mol. The fourth-order valence-corrected chi connectivity index (χ4v) is 4.44. The molecule has 3 aromatic rings. The van der Waals surface area contributed by atoms with Crippen LogP contribution >= 0.6 is 11.3 Å². The second kappa shape index (κ2) is 8.23. The average Bonchev–Trinajstić information content (AvgIpc) is 3.21. The van der Waals surface area contributed by atoms with Crippen molar-refractivity contribution in [2.45, 2.75) is 13.0 Å². The molecule has 0 spiro atoms. The molecule has 30 heavy (non-hydrogen) atoms. The quantitative estimate of drug-likeness (QED) is 0.476. The number of rotatable bonds is 4. The highest BCUT2D eigenvalue weighted by Crippen LogP contribution is 2.27. The maximum atomic E-state index is 12.9. The fraction of sp³-hybridized carbons (Fsp3) is 0.273. The van der Waals surface area contributed by atoms with Gasteiger partial charge in [-0.25, -0.2) is 4.98 Å². The van der Waals surface area contributed by atoms with Gasteiger partial charge in [0.25, 0.3) is 17.6 Å². The first-order valence-electron chi connectivity index (χ1n) is 9.62. The summed E-state index contributed by atoms with van der Waals surface area (Å²) in [6.07, 6.45) is 0. The molecular weight excluding hydrogens is 402 g/mol. The zero-order chi connectivity index (χ0) is 21.3.